The van der Waals surface area contributed by atoms with E-state index in [-0.39, 0.29) is 17.9 Å². The fraction of sp³-hybridized carbons (Fsp3) is 0.200. The molecule has 0 fully saturated rings. The first-order valence-corrected chi connectivity index (χ1v) is 4.25. The Hall–Kier alpha value is -1.91. The van der Waals surface area contributed by atoms with Crippen molar-refractivity contribution < 1.29 is 23.8 Å². The van der Waals surface area contributed by atoms with Crippen molar-refractivity contribution in [3.8, 4) is 5.75 Å². The molecule has 0 unspecified atom stereocenters. The monoisotopic (exact) mass is 212 g/mol. The Morgan fingerprint density at radius 1 is 1.60 bits per heavy atom. The summed E-state index contributed by atoms with van der Waals surface area (Å²) in [6.07, 6.45) is 0.294. The summed E-state index contributed by atoms with van der Waals surface area (Å²) >= 11 is 0. The molecule has 0 aromatic heterocycles. The van der Waals surface area contributed by atoms with Crippen LogP contribution in [0.3, 0.4) is 0 Å². The maximum Gasteiger partial charge on any atom is 0.339 e. The van der Waals surface area contributed by atoms with Gasteiger partial charge in [0.15, 0.2) is 17.9 Å². The number of halogens is 1. The van der Waals surface area contributed by atoms with E-state index in [1.54, 1.807) is 6.92 Å². The van der Waals surface area contributed by atoms with E-state index < -0.39 is 17.3 Å². The lowest BCUT2D eigenvalue weighted by Gasteiger charge is -2.07. The van der Waals surface area contributed by atoms with Crippen molar-refractivity contribution in [3.63, 3.8) is 0 Å². The van der Waals surface area contributed by atoms with Crippen LogP contribution in [0, 0.1) is 5.82 Å². The van der Waals surface area contributed by atoms with Gasteiger partial charge in [-0.25, -0.2) is 9.18 Å². The Bertz CT molecular complexity index is 401. The molecule has 0 saturated carbocycles. The smallest absolute Gasteiger partial charge is 0.339 e. The first-order valence-electron chi connectivity index (χ1n) is 4.25. The fourth-order valence-corrected chi connectivity index (χ4v) is 1.15. The number of carboxylic acid groups (broad SMARTS) is 1. The Labute approximate surface area is 85.3 Å². The maximum atomic E-state index is 13.5. The van der Waals surface area contributed by atoms with E-state index >= 15 is 0 Å². The normalized spacial score (nSPS) is 9.73. The van der Waals surface area contributed by atoms with Gasteiger partial charge in [0, 0.05) is 5.56 Å². The highest BCUT2D eigenvalue weighted by molar-refractivity contribution is 5.97. The van der Waals surface area contributed by atoms with Crippen LogP contribution in [-0.2, 0) is 0 Å². The highest BCUT2D eigenvalue weighted by atomic mass is 19.1. The van der Waals surface area contributed by atoms with Crippen LogP contribution < -0.4 is 4.74 Å². The predicted octanol–water partition coefficient (Wildman–Crippen LogP) is 1.74. The van der Waals surface area contributed by atoms with Crippen molar-refractivity contribution in [2.45, 2.75) is 6.92 Å². The van der Waals surface area contributed by atoms with E-state index in [0.29, 0.717) is 6.29 Å². The minimum absolute atomic E-state index is 0.166. The standard InChI is InChI=1S/C10H9FO4/c1-2-15-7-4-3-6(5-12)8(9(7)11)10(13)14/h3-5H,2H2,1H3,(H,13,14). The number of benzene rings is 1. The summed E-state index contributed by atoms with van der Waals surface area (Å²) < 4.78 is 18.4. The van der Waals surface area contributed by atoms with E-state index in [0.717, 1.165) is 0 Å². The van der Waals surface area contributed by atoms with Gasteiger partial charge in [0.05, 0.1) is 6.61 Å². The van der Waals surface area contributed by atoms with Crippen LogP contribution >= 0.6 is 0 Å². The van der Waals surface area contributed by atoms with E-state index in [4.69, 9.17) is 9.84 Å². The van der Waals surface area contributed by atoms with Gasteiger partial charge in [-0.2, -0.15) is 0 Å². The third kappa shape index (κ3) is 2.12. The molecule has 15 heavy (non-hydrogen) atoms. The maximum absolute atomic E-state index is 13.5. The minimum atomic E-state index is -1.49. The molecule has 0 aliphatic rings. The van der Waals surface area contributed by atoms with Crippen molar-refractivity contribution in [2.24, 2.45) is 0 Å². The third-order valence-corrected chi connectivity index (χ3v) is 1.78. The molecule has 4 nitrogen and oxygen atoms in total. The number of carbonyl (C=O) groups is 2. The Kier molecular flexibility index (Phi) is 3.38. The summed E-state index contributed by atoms with van der Waals surface area (Å²) in [4.78, 5) is 21.2. The van der Waals surface area contributed by atoms with Gasteiger partial charge in [0.1, 0.15) is 5.56 Å². The van der Waals surface area contributed by atoms with Crippen LogP contribution in [0.25, 0.3) is 0 Å². The molecule has 1 rings (SSSR count). The summed E-state index contributed by atoms with van der Waals surface area (Å²) in [7, 11) is 0. The molecule has 0 atom stereocenters. The number of hydrogen-bond donors (Lipinski definition) is 1. The Morgan fingerprint density at radius 3 is 2.73 bits per heavy atom. The van der Waals surface area contributed by atoms with Crippen LogP contribution in [-0.4, -0.2) is 24.0 Å². The SMILES string of the molecule is CCOc1ccc(C=O)c(C(=O)O)c1F. The molecule has 80 valence electrons. The molecule has 1 N–H and O–H groups in total. The van der Waals surface area contributed by atoms with Crippen LogP contribution in [0.2, 0.25) is 0 Å². The van der Waals surface area contributed by atoms with Crippen LogP contribution in [0.5, 0.6) is 5.75 Å². The number of hydrogen-bond acceptors (Lipinski definition) is 3. The second-order valence-corrected chi connectivity index (χ2v) is 2.70. The zero-order valence-electron chi connectivity index (χ0n) is 7.99. The number of aromatic carboxylic acids is 1. The zero-order chi connectivity index (χ0) is 11.4. The Balaban J connectivity index is 3.35. The first kappa shape index (κ1) is 11.2. The van der Waals surface area contributed by atoms with Gasteiger partial charge >= 0.3 is 5.97 Å². The van der Waals surface area contributed by atoms with Crippen molar-refractivity contribution in [3.05, 3.63) is 29.1 Å². The second-order valence-electron chi connectivity index (χ2n) is 2.70. The van der Waals surface area contributed by atoms with Crippen LogP contribution in [0.4, 0.5) is 4.39 Å². The van der Waals surface area contributed by atoms with E-state index in [9.17, 15) is 14.0 Å². The molecule has 0 aliphatic heterocycles. The molecule has 5 heteroatoms. The molecule has 0 amide bonds. The van der Waals surface area contributed by atoms with Crippen LogP contribution in [0.1, 0.15) is 27.6 Å². The average Bonchev–Trinajstić information content (AvgIpc) is 2.20. The van der Waals surface area contributed by atoms with Gasteiger partial charge in [-0.15, -0.1) is 0 Å². The van der Waals surface area contributed by atoms with Gasteiger partial charge < -0.3 is 9.84 Å². The summed E-state index contributed by atoms with van der Waals surface area (Å²) in [6.45, 7) is 1.87. The molecule has 1 aromatic rings. The largest absolute Gasteiger partial charge is 0.491 e. The molecule has 0 heterocycles. The molecular formula is C10H9FO4. The van der Waals surface area contributed by atoms with Crippen molar-refractivity contribution in [1.82, 2.24) is 0 Å². The molecule has 0 aliphatic carbocycles. The quantitative estimate of drug-likeness (QED) is 0.772. The lowest BCUT2D eigenvalue weighted by atomic mass is 10.1. The number of aldehydes is 1. The highest BCUT2D eigenvalue weighted by Crippen LogP contribution is 2.23. The highest BCUT2D eigenvalue weighted by Gasteiger charge is 2.19. The number of rotatable bonds is 4. The third-order valence-electron chi connectivity index (χ3n) is 1.78. The zero-order valence-corrected chi connectivity index (χ0v) is 7.99. The number of ether oxygens (including phenoxy) is 1. The molecule has 1 aromatic carbocycles. The summed E-state index contributed by atoms with van der Waals surface area (Å²) in [5.74, 6) is -2.68. The molecule has 0 bridgehead atoms. The van der Waals surface area contributed by atoms with Gasteiger partial charge in [-0.1, -0.05) is 0 Å². The lowest BCUT2D eigenvalue weighted by Crippen LogP contribution is -2.08. The van der Waals surface area contributed by atoms with Crippen molar-refractivity contribution in [2.75, 3.05) is 6.61 Å². The Morgan fingerprint density at radius 2 is 2.27 bits per heavy atom. The van der Waals surface area contributed by atoms with Crippen LogP contribution in [0.15, 0.2) is 12.1 Å². The minimum Gasteiger partial charge on any atom is -0.491 e. The summed E-state index contributed by atoms with van der Waals surface area (Å²) in [5.41, 5.74) is -0.862. The molecule has 0 saturated heterocycles. The van der Waals surface area contributed by atoms with Gasteiger partial charge in [-0.05, 0) is 19.1 Å². The van der Waals surface area contributed by atoms with Gasteiger partial charge in [0.25, 0.3) is 0 Å². The number of carboxylic acids is 1. The molecular weight excluding hydrogens is 203 g/mol. The van der Waals surface area contributed by atoms with Crippen molar-refractivity contribution in [1.29, 1.82) is 0 Å². The fourth-order valence-electron chi connectivity index (χ4n) is 1.15. The lowest BCUT2D eigenvalue weighted by molar-refractivity contribution is 0.0687. The predicted molar refractivity (Wildman–Crippen MR) is 49.9 cm³/mol. The van der Waals surface area contributed by atoms with E-state index in [1.807, 2.05) is 0 Å². The van der Waals surface area contributed by atoms with Gasteiger partial charge in [-0.3, -0.25) is 4.79 Å². The summed E-state index contributed by atoms with van der Waals surface area (Å²) in [5, 5.41) is 8.72. The number of carbonyl (C=O) groups excluding carboxylic acids is 1. The van der Waals surface area contributed by atoms with Gasteiger partial charge in [0.2, 0.25) is 0 Å². The average molecular weight is 212 g/mol. The first-order chi connectivity index (χ1) is 7.11. The summed E-state index contributed by atoms with van der Waals surface area (Å²) in [6, 6.07) is 2.44. The topological polar surface area (TPSA) is 63.6 Å². The molecule has 0 radical (unpaired) electrons. The second kappa shape index (κ2) is 4.54. The van der Waals surface area contributed by atoms with E-state index in [2.05, 4.69) is 0 Å². The van der Waals surface area contributed by atoms with Crippen molar-refractivity contribution >= 4 is 12.3 Å². The van der Waals surface area contributed by atoms with E-state index in [1.165, 1.54) is 12.1 Å². The molecule has 0 spiro atoms.